The predicted molar refractivity (Wildman–Crippen MR) is 82.5 cm³/mol. The molecule has 2 aromatic carbocycles. The average molecular weight is 298 g/mol. The van der Waals surface area contributed by atoms with Gasteiger partial charge in [-0.2, -0.15) is 0 Å². The third-order valence-electron chi connectivity index (χ3n) is 3.53. The fraction of sp³-hybridized carbons (Fsp3) is 0.176. The van der Waals surface area contributed by atoms with Crippen LogP contribution in [0.15, 0.2) is 45.6 Å². The summed E-state index contributed by atoms with van der Waals surface area (Å²) in [6.45, 7) is 1.52. The molecular weight excluding hydrogens is 284 g/mol. The number of ether oxygens (including phenoxy) is 1. The van der Waals surface area contributed by atoms with E-state index in [1.54, 1.807) is 18.2 Å². The molecule has 0 aliphatic rings. The number of fused-ring (bicyclic) bond motifs is 3. The van der Waals surface area contributed by atoms with E-state index in [0.717, 1.165) is 16.3 Å². The first-order chi connectivity index (χ1) is 10.6. The summed E-state index contributed by atoms with van der Waals surface area (Å²) in [6, 6.07) is 10.7. The molecule has 5 heteroatoms. The molecule has 0 spiro atoms. The first-order valence-corrected chi connectivity index (χ1v) is 6.93. The topological polar surface area (TPSA) is 76.7 Å². The first-order valence-electron chi connectivity index (χ1n) is 6.93. The number of carbonyl (C=O) groups is 1. The summed E-state index contributed by atoms with van der Waals surface area (Å²) in [6.07, 6.45) is 0.679. The molecule has 1 aromatic heterocycles. The number of carboxylic acids is 1. The van der Waals surface area contributed by atoms with Gasteiger partial charge >= 0.3 is 11.6 Å². The summed E-state index contributed by atoms with van der Waals surface area (Å²) in [4.78, 5) is 22.7. The van der Waals surface area contributed by atoms with Crippen LogP contribution in [0, 0.1) is 0 Å². The first kappa shape index (κ1) is 14.1. The molecule has 3 aromatic rings. The van der Waals surface area contributed by atoms with Gasteiger partial charge in [0.2, 0.25) is 0 Å². The molecule has 0 saturated carbocycles. The number of rotatable bonds is 4. The van der Waals surface area contributed by atoms with Crippen LogP contribution in [0.2, 0.25) is 0 Å². The van der Waals surface area contributed by atoms with Gasteiger partial charge in [-0.25, -0.2) is 9.59 Å². The van der Waals surface area contributed by atoms with Crippen LogP contribution in [0.3, 0.4) is 0 Å². The molecular formula is C17H14O5. The van der Waals surface area contributed by atoms with E-state index < -0.39 is 18.2 Å². The minimum atomic E-state index is -1.05. The quantitative estimate of drug-likeness (QED) is 0.592. The average Bonchev–Trinajstić information content (AvgIpc) is 2.52. The van der Waals surface area contributed by atoms with E-state index in [0.29, 0.717) is 23.1 Å². The highest BCUT2D eigenvalue weighted by molar-refractivity contribution is 6.04. The number of carboxylic acid groups (broad SMARTS) is 1. The minimum Gasteiger partial charge on any atom is -0.481 e. The number of hydrogen-bond donors (Lipinski definition) is 1. The molecule has 0 aliphatic carbocycles. The largest absolute Gasteiger partial charge is 0.481 e. The second-order valence-electron chi connectivity index (χ2n) is 4.93. The van der Waals surface area contributed by atoms with E-state index in [1.165, 1.54) is 0 Å². The maximum absolute atomic E-state index is 12.0. The molecule has 0 fully saturated rings. The summed E-state index contributed by atoms with van der Waals surface area (Å²) >= 11 is 0. The summed E-state index contributed by atoms with van der Waals surface area (Å²) in [5.74, 6) is -0.627. The molecule has 0 unspecified atom stereocenters. The minimum absolute atomic E-state index is 0.390. The standard InChI is InChI=1S/C17H14O5/c1-2-10-7-13-11-5-3-4-6-12(11)17(20)22-15(13)8-14(10)21-9-16(18)19/h3-8H,2,9H2,1H3,(H,18,19). The molecule has 1 N–H and O–H groups in total. The number of aliphatic carboxylic acids is 1. The van der Waals surface area contributed by atoms with Gasteiger partial charge in [0.05, 0.1) is 5.39 Å². The fourth-order valence-electron chi connectivity index (χ4n) is 2.50. The monoisotopic (exact) mass is 298 g/mol. The predicted octanol–water partition coefficient (Wildman–Crippen LogP) is 2.97. The van der Waals surface area contributed by atoms with Crippen molar-refractivity contribution in [1.29, 1.82) is 0 Å². The molecule has 0 radical (unpaired) electrons. The van der Waals surface area contributed by atoms with E-state index in [1.807, 2.05) is 25.1 Å². The van der Waals surface area contributed by atoms with Crippen molar-refractivity contribution in [3.05, 3.63) is 52.4 Å². The molecule has 0 bridgehead atoms. The Morgan fingerprint density at radius 2 is 1.91 bits per heavy atom. The summed E-state index contributed by atoms with van der Waals surface area (Å²) in [7, 11) is 0. The van der Waals surface area contributed by atoms with Crippen LogP contribution in [0.5, 0.6) is 5.75 Å². The normalized spacial score (nSPS) is 11.0. The van der Waals surface area contributed by atoms with Gasteiger partial charge in [-0.1, -0.05) is 25.1 Å². The zero-order chi connectivity index (χ0) is 15.7. The molecule has 0 atom stereocenters. The highest BCUT2D eigenvalue weighted by Crippen LogP contribution is 2.30. The van der Waals surface area contributed by atoms with Crippen molar-refractivity contribution in [2.24, 2.45) is 0 Å². The Bertz CT molecular complexity index is 923. The molecule has 1 heterocycles. The van der Waals surface area contributed by atoms with E-state index in [2.05, 4.69) is 0 Å². The van der Waals surface area contributed by atoms with Crippen molar-refractivity contribution in [1.82, 2.24) is 0 Å². The van der Waals surface area contributed by atoms with Gasteiger partial charge in [0, 0.05) is 11.5 Å². The Hall–Kier alpha value is -2.82. The summed E-state index contributed by atoms with van der Waals surface area (Å²) in [5.41, 5.74) is 0.838. The molecule has 112 valence electrons. The fourth-order valence-corrected chi connectivity index (χ4v) is 2.50. The van der Waals surface area contributed by atoms with Crippen molar-refractivity contribution < 1.29 is 19.1 Å². The van der Waals surface area contributed by atoms with Crippen molar-refractivity contribution in [3.63, 3.8) is 0 Å². The van der Waals surface area contributed by atoms with E-state index in [-0.39, 0.29) is 0 Å². The number of benzene rings is 2. The third-order valence-corrected chi connectivity index (χ3v) is 3.53. The smallest absolute Gasteiger partial charge is 0.344 e. The maximum atomic E-state index is 12.0. The van der Waals surface area contributed by atoms with Gasteiger partial charge in [0.1, 0.15) is 11.3 Å². The zero-order valence-electron chi connectivity index (χ0n) is 12.0. The highest BCUT2D eigenvalue weighted by Gasteiger charge is 2.12. The van der Waals surface area contributed by atoms with Crippen molar-refractivity contribution in [3.8, 4) is 5.75 Å². The Balaban J connectivity index is 2.27. The SMILES string of the molecule is CCc1cc2c(cc1OCC(=O)O)oc(=O)c1ccccc12. The third kappa shape index (κ3) is 2.41. The van der Waals surface area contributed by atoms with Crippen LogP contribution in [0.25, 0.3) is 21.7 Å². The Labute approximate surface area is 125 Å². The van der Waals surface area contributed by atoms with E-state index >= 15 is 0 Å². The summed E-state index contributed by atoms with van der Waals surface area (Å²) in [5, 5.41) is 10.9. The second-order valence-corrected chi connectivity index (χ2v) is 4.93. The van der Waals surface area contributed by atoms with Gasteiger partial charge in [-0.05, 0) is 29.5 Å². The maximum Gasteiger partial charge on any atom is 0.344 e. The molecule has 0 saturated heterocycles. The lowest BCUT2D eigenvalue weighted by atomic mass is 10.0. The molecule has 22 heavy (non-hydrogen) atoms. The zero-order valence-corrected chi connectivity index (χ0v) is 12.0. The van der Waals surface area contributed by atoms with Crippen LogP contribution in [0.1, 0.15) is 12.5 Å². The number of aryl methyl sites for hydroxylation is 1. The Kier molecular flexibility index (Phi) is 3.55. The van der Waals surface area contributed by atoms with E-state index in [9.17, 15) is 9.59 Å². The lowest BCUT2D eigenvalue weighted by Gasteiger charge is -2.11. The highest BCUT2D eigenvalue weighted by atomic mass is 16.5. The van der Waals surface area contributed by atoms with Crippen molar-refractivity contribution in [2.45, 2.75) is 13.3 Å². The Morgan fingerprint density at radius 3 is 2.59 bits per heavy atom. The van der Waals surface area contributed by atoms with Gasteiger partial charge in [-0.15, -0.1) is 0 Å². The number of hydrogen-bond acceptors (Lipinski definition) is 4. The Morgan fingerprint density at radius 1 is 1.18 bits per heavy atom. The molecule has 5 nitrogen and oxygen atoms in total. The second kappa shape index (κ2) is 5.52. The van der Waals surface area contributed by atoms with Gasteiger partial charge in [0.25, 0.3) is 0 Å². The molecule has 0 aliphatic heterocycles. The van der Waals surface area contributed by atoms with Gasteiger partial charge in [-0.3, -0.25) is 0 Å². The lowest BCUT2D eigenvalue weighted by Crippen LogP contribution is -2.10. The van der Waals surface area contributed by atoms with Crippen molar-refractivity contribution in [2.75, 3.05) is 6.61 Å². The van der Waals surface area contributed by atoms with Crippen LogP contribution in [0.4, 0.5) is 0 Å². The molecule has 0 amide bonds. The van der Waals surface area contributed by atoms with Crippen LogP contribution >= 0.6 is 0 Å². The van der Waals surface area contributed by atoms with Crippen molar-refractivity contribution >= 4 is 27.7 Å². The van der Waals surface area contributed by atoms with E-state index in [4.69, 9.17) is 14.3 Å². The molecule has 3 rings (SSSR count). The summed E-state index contributed by atoms with van der Waals surface area (Å²) < 4.78 is 10.6. The van der Waals surface area contributed by atoms with Gasteiger partial charge < -0.3 is 14.3 Å². The van der Waals surface area contributed by atoms with Gasteiger partial charge in [0.15, 0.2) is 6.61 Å². The van der Waals surface area contributed by atoms with Crippen LogP contribution in [-0.4, -0.2) is 17.7 Å². The van der Waals surface area contributed by atoms with Crippen LogP contribution < -0.4 is 10.4 Å². The lowest BCUT2D eigenvalue weighted by molar-refractivity contribution is -0.139. The van der Waals surface area contributed by atoms with Crippen LogP contribution in [-0.2, 0) is 11.2 Å².